The average molecular weight is 482 g/mol. The van der Waals surface area contributed by atoms with Gasteiger partial charge in [0.25, 0.3) is 5.56 Å². The molecule has 0 unspecified atom stereocenters. The molecule has 2 atom stereocenters. The first kappa shape index (κ1) is 25.7. The van der Waals surface area contributed by atoms with Crippen molar-refractivity contribution in [2.75, 3.05) is 17.1 Å². The molecular formula is C21H24FN3O7S. The molecule has 0 radical (unpaired) electrons. The third-order valence-corrected chi connectivity index (χ3v) is 6.04. The summed E-state index contributed by atoms with van der Waals surface area (Å²) >= 11 is 0. The van der Waals surface area contributed by atoms with Crippen LogP contribution in [0.2, 0.25) is 0 Å². The lowest BCUT2D eigenvalue weighted by molar-refractivity contribution is -0.140. The number of hydrogen-bond acceptors (Lipinski definition) is 6. The van der Waals surface area contributed by atoms with Gasteiger partial charge in [-0.05, 0) is 24.6 Å². The van der Waals surface area contributed by atoms with Crippen LogP contribution >= 0.6 is 0 Å². The van der Waals surface area contributed by atoms with Gasteiger partial charge in [-0.1, -0.05) is 30.3 Å². The number of nitrogens with zero attached hydrogens (tertiary/aromatic N) is 1. The van der Waals surface area contributed by atoms with Crippen LogP contribution in [0.5, 0.6) is 0 Å². The number of carboxylic acid groups (broad SMARTS) is 1. The zero-order chi connectivity index (χ0) is 24.6. The van der Waals surface area contributed by atoms with Gasteiger partial charge in [0.2, 0.25) is 15.9 Å². The minimum Gasteiger partial charge on any atom is -0.481 e. The number of carbonyl (C=O) groups is 3. The highest BCUT2D eigenvalue weighted by molar-refractivity contribution is 7.92. The van der Waals surface area contributed by atoms with E-state index in [2.05, 4.69) is 10.0 Å². The number of nitrogens with one attached hydrogen (secondary N) is 2. The maximum atomic E-state index is 13.1. The molecule has 0 aliphatic heterocycles. The van der Waals surface area contributed by atoms with Crippen LogP contribution < -0.4 is 15.6 Å². The summed E-state index contributed by atoms with van der Waals surface area (Å²) in [6.07, 6.45) is 0.389. The Labute approximate surface area is 189 Å². The van der Waals surface area contributed by atoms with Crippen LogP contribution in [0.1, 0.15) is 24.9 Å². The second kappa shape index (κ2) is 11.4. The van der Waals surface area contributed by atoms with Crippen LogP contribution in [0, 0.1) is 0 Å². The predicted octanol–water partition coefficient (Wildman–Crippen LogP) is 0.892. The van der Waals surface area contributed by atoms with Crippen molar-refractivity contribution >= 4 is 33.4 Å². The fraction of sp³-hybridized carbons (Fsp3) is 0.333. The molecule has 2 rings (SSSR count). The summed E-state index contributed by atoms with van der Waals surface area (Å²) in [6.45, 7) is -0.0876. The van der Waals surface area contributed by atoms with Gasteiger partial charge < -0.3 is 15.0 Å². The summed E-state index contributed by atoms with van der Waals surface area (Å²) < 4.78 is 39.9. The number of aromatic nitrogens is 1. The van der Waals surface area contributed by atoms with Gasteiger partial charge in [0, 0.05) is 12.6 Å². The maximum Gasteiger partial charge on any atom is 0.305 e. The fourth-order valence-corrected chi connectivity index (χ4v) is 3.64. The molecule has 0 spiro atoms. The summed E-state index contributed by atoms with van der Waals surface area (Å²) in [5.41, 5.74) is -0.472. The zero-order valence-corrected chi connectivity index (χ0v) is 18.5. The van der Waals surface area contributed by atoms with E-state index in [4.69, 9.17) is 5.11 Å². The summed E-state index contributed by atoms with van der Waals surface area (Å²) in [6, 6.07) is 8.23. The number of sulfonamides is 1. The van der Waals surface area contributed by atoms with Crippen LogP contribution in [0.15, 0.2) is 53.5 Å². The standard InChI is InChI=1S/C21H24FN3O7S/c1-2-33(31,32)24-15-9-6-10-25(21(15)30)17(11-14-7-4-3-5-8-14)20(29)23-16(12-19(27)28)18(26)13-22/h3-10,16-17,24H,2,11-13H2,1H3,(H,23,29)(H,27,28)/t16-,17-/m0/s1. The van der Waals surface area contributed by atoms with Crippen LogP contribution in [0.4, 0.5) is 10.1 Å². The predicted molar refractivity (Wildman–Crippen MR) is 118 cm³/mol. The van der Waals surface area contributed by atoms with Crippen molar-refractivity contribution in [2.24, 2.45) is 0 Å². The highest BCUT2D eigenvalue weighted by Gasteiger charge is 2.29. The lowest BCUT2D eigenvalue weighted by atomic mass is 10.0. The molecule has 12 heteroatoms. The molecule has 3 N–H and O–H groups in total. The number of halogens is 1. The Morgan fingerprint density at radius 1 is 1.12 bits per heavy atom. The van der Waals surface area contributed by atoms with Gasteiger partial charge in [0.15, 0.2) is 5.78 Å². The van der Waals surface area contributed by atoms with Gasteiger partial charge in [-0.3, -0.25) is 23.9 Å². The molecule has 0 aliphatic carbocycles. The van der Waals surface area contributed by atoms with Gasteiger partial charge in [-0.15, -0.1) is 0 Å². The fourth-order valence-electron chi connectivity index (χ4n) is 3.01. The Bertz CT molecular complexity index is 1170. The third-order valence-electron chi connectivity index (χ3n) is 4.75. The highest BCUT2D eigenvalue weighted by Crippen LogP contribution is 2.16. The Kier molecular flexibility index (Phi) is 8.85. The first-order valence-corrected chi connectivity index (χ1v) is 11.6. The summed E-state index contributed by atoms with van der Waals surface area (Å²) in [4.78, 5) is 48.9. The number of rotatable bonds is 12. The molecule has 10 nitrogen and oxygen atoms in total. The van der Waals surface area contributed by atoms with E-state index >= 15 is 0 Å². The van der Waals surface area contributed by atoms with Crippen molar-refractivity contribution in [3.8, 4) is 0 Å². The first-order valence-electron chi connectivity index (χ1n) is 9.94. The van der Waals surface area contributed by atoms with Gasteiger partial charge in [0.1, 0.15) is 24.4 Å². The smallest absolute Gasteiger partial charge is 0.305 e. The Morgan fingerprint density at radius 3 is 2.36 bits per heavy atom. The molecule has 0 saturated carbocycles. The lowest BCUT2D eigenvalue weighted by Gasteiger charge is -2.23. The molecule has 0 fully saturated rings. The van der Waals surface area contributed by atoms with Gasteiger partial charge in [-0.2, -0.15) is 0 Å². The van der Waals surface area contributed by atoms with E-state index in [-0.39, 0.29) is 17.9 Å². The monoisotopic (exact) mass is 481 g/mol. The van der Waals surface area contributed by atoms with Crippen molar-refractivity contribution in [3.63, 3.8) is 0 Å². The van der Waals surface area contributed by atoms with E-state index in [9.17, 15) is 32.0 Å². The van der Waals surface area contributed by atoms with E-state index in [1.54, 1.807) is 30.3 Å². The number of pyridine rings is 1. The minimum atomic E-state index is -3.78. The van der Waals surface area contributed by atoms with E-state index in [1.165, 1.54) is 25.3 Å². The largest absolute Gasteiger partial charge is 0.481 e. The number of carbonyl (C=O) groups excluding carboxylic acids is 2. The highest BCUT2D eigenvalue weighted by atomic mass is 32.2. The number of carboxylic acids is 1. The molecule has 33 heavy (non-hydrogen) atoms. The minimum absolute atomic E-state index is 0.0415. The summed E-state index contributed by atoms with van der Waals surface area (Å²) in [5.74, 6) is -3.72. The van der Waals surface area contributed by atoms with Gasteiger partial charge in [-0.25, -0.2) is 12.8 Å². The number of Topliss-reactive ketones (excluding diaryl/α,β-unsaturated/α-hetero) is 1. The molecule has 0 aliphatic rings. The quantitative estimate of drug-likeness (QED) is 0.407. The van der Waals surface area contributed by atoms with Gasteiger partial charge >= 0.3 is 5.97 Å². The van der Waals surface area contributed by atoms with E-state index < -0.39 is 58.4 Å². The molecule has 1 aromatic carbocycles. The average Bonchev–Trinajstić information content (AvgIpc) is 2.78. The third kappa shape index (κ3) is 7.24. The van der Waals surface area contributed by atoms with Crippen LogP contribution in [-0.2, 0) is 30.8 Å². The number of aliphatic carboxylic acids is 1. The molecular weight excluding hydrogens is 457 g/mol. The van der Waals surface area contributed by atoms with E-state index in [1.807, 2.05) is 0 Å². The second-order valence-corrected chi connectivity index (χ2v) is 9.12. The lowest BCUT2D eigenvalue weighted by Crippen LogP contribution is -2.47. The number of amides is 1. The van der Waals surface area contributed by atoms with Crippen molar-refractivity contribution in [1.29, 1.82) is 0 Å². The first-order chi connectivity index (χ1) is 15.6. The van der Waals surface area contributed by atoms with E-state index in [0.29, 0.717) is 5.56 Å². The van der Waals surface area contributed by atoms with Crippen molar-refractivity contribution < 1.29 is 32.3 Å². The molecule has 178 valence electrons. The number of ketones is 1. The van der Waals surface area contributed by atoms with E-state index in [0.717, 1.165) is 4.57 Å². The number of anilines is 1. The van der Waals surface area contributed by atoms with Crippen LogP contribution in [-0.4, -0.2) is 54.2 Å². The molecule has 1 heterocycles. The second-order valence-electron chi connectivity index (χ2n) is 7.10. The maximum absolute atomic E-state index is 13.1. The van der Waals surface area contributed by atoms with Crippen LogP contribution in [0.25, 0.3) is 0 Å². The van der Waals surface area contributed by atoms with Crippen molar-refractivity contribution in [3.05, 3.63) is 64.6 Å². The summed E-state index contributed by atoms with van der Waals surface area (Å²) in [7, 11) is -3.78. The number of hydrogen-bond donors (Lipinski definition) is 3. The number of benzene rings is 1. The number of alkyl halides is 1. The van der Waals surface area contributed by atoms with Crippen molar-refractivity contribution in [1.82, 2.24) is 9.88 Å². The Morgan fingerprint density at radius 2 is 1.79 bits per heavy atom. The van der Waals surface area contributed by atoms with Crippen LogP contribution in [0.3, 0.4) is 0 Å². The normalized spacial score (nSPS) is 13.0. The van der Waals surface area contributed by atoms with Gasteiger partial charge in [0.05, 0.1) is 12.2 Å². The summed E-state index contributed by atoms with van der Waals surface area (Å²) in [5, 5.41) is 11.2. The molecule has 0 bridgehead atoms. The SMILES string of the molecule is CCS(=O)(=O)Nc1cccn([C@@H](Cc2ccccc2)C(=O)N[C@@H](CC(=O)O)C(=O)CF)c1=O. The topological polar surface area (TPSA) is 152 Å². The molecule has 0 saturated heterocycles. The molecule has 2 aromatic rings. The Hall–Kier alpha value is -3.54. The molecule has 1 amide bonds. The molecule has 1 aromatic heterocycles. The zero-order valence-electron chi connectivity index (χ0n) is 17.7. The van der Waals surface area contributed by atoms with Crippen molar-refractivity contribution in [2.45, 2.75) is 31.8 Å². The Balaban J connectivity index is 2.48.